The number of aryl methyl sites for hydroxylation is 1. The van der Waals surface area contributed by atoms with Crippen molar-refractivity contribution in [2.75, 3.05) is 13.1 Å². The summed E-state index contributed by atoms with van der Waals surface area (Å²) < 4.78 is 66.9. The molecule has 3 nitrogen and oxygen atoms in total. The molecule has 0 bridgehead atoms. The van der Waals surface area contributed by atoms with Crippen LogP contribution in [0, 0.1) is 12.8 Å². The number of nitrogens with zero attached hydrogens (tertiary/aromatic N) is 1. The monoisotopic (exact) mass is 497 g/mol. The summed E-state index contributed by atoms with van der Waals surface area (Å²) in [5.74, 6) is -0.0857. The Morgan fingerprint density at radius 3 is 2.20 bits per heavy atom. The molecule has 1 heterocycles. The van der Waals surface area contributed by atoms with Gasteiger partial charge in [0.15, 0.2) is 0 Å². The maximum atomic E-state index is 13.3. The van der Waals surface area contributed by atoms with Gasteiger partial charge in [-0.15, -0.1) is 0 Å². The second-order valence-corrected chi connectivity index (χ2v) is 10.6. The Morgan fingerprint density at radius 2 is 1.57 bits per heavy atom. The molecule has 4 rings (SSSR count). The van der Waals surface area contributed by atoms with E-state index in [1.54, 1.807) is 24.3 Å². The molecular weight excluding hydrogens is 471 g/mol. The largest absolute Gasteiger partial charge is 0.416 e. The second kappa shape index (κ2) is 10.2. The van der Waals surface area contributed by atoms with Gasteiger partial charge in [-0.1, -0.05) is 78.4 Å². The first-order valence-electron chi connectivity index (χ1n) is 11.3. The Hall–Kier alpha value is -3.16. The van der Waals surface area contributed by atoms with Gasteiger partial charge in [0.1, 0.15) is 0 Å². The van der Waals surface area contributed by atoms with Crippen molar-refractivity contribution in [3.05, 3.63) is 113 Å². The lowest BCUT2D eigenvalue weighted by Gasteiger charge is -2.16. The molecule has 0 aromatic heterocycles. The molecule has 1 atom stereocenters. The fraction of sp³-hybridized carbons (Fsp3) is 0.214. The van der Waals surface area contributed by atoms with Gasteiger partial charge in [0.25, 0.3) is 0 Å². The maximum Gasteiger partial charge on any atom is 0.416 e. The zero-order chi connectivity index (χ0) is 25.1. The van der Waals surface area contributed by atoms with Crippen molar-refractivity contribution in [3.8, 4) is 0 Å². The number of halogens is 3. The lowest BCUT2D eigenvalue weighted by atomic mass is 9.96. The van der Waals surface area contributed by atoms with Gasteiger partial charge in [-0.25, -0.2) is 8.42 Å². The molecule has 3 aromatic carbocycles. The lowest BCUT2D eigenvalue weighted by Crippen LogP contribution is -2.28. The van der Waals surface area contributed by atoms with Crippen molar-refractivity contribution < 1.29 is 21.6 Å². The molecule has 35 heavy (non-hydrogen) atoms. The normalized spacial score (nSPS) is 18.5. The first-order valence-corrected chi connectivity index (χ1v) is 12.7. The van der Waals surface area contributed by atoms with Gasteiger partial charge < -0.3 is 0 Å². The van der Waals surface area contributed by atoms with Gasteiger partial charge >= 0.3 is 6.18 Å². The quantitative estimate of drug-likeness (QED) is 0.375. The minimum atomic E-state index is -4.40. The molecule has 0 N–H and O–H groups in total. The highest BCUT2D eigenvalue weighted by atomic mass is 32.2. The molecule has 1 aliphatic heterocycles. The highest BCUT2D eigenvalue weighted by molar-refractivity contribution is 7.89. The van der Waals surface area contributed by atoms with Gasteiger partial charge in [-0.05, 0) is 60.2 Å². The molecule has 3 aromatic rings. The predicted octanol–water partition coefficient (Wildman–Crippen LogP) is 6.82. The fourth-order valence-corrected chi connectivity index (χ4v) is 5.58. The van der Waals surface area contributed by atoms with Gasteiger partial charge in [0.05, 0.1) is 10.5 Å². The molecule has 0 saturated carbocycles. The van der Waals surface area contributed by atoms with Crippen molar-refractivity contribution >= 4 is 22.2 Å². The Bertz CT molecular complexity index is 1310. The molecule has 0 radical (unpaired) electrons. The zero-order valence-electron chi connectivity index (χ0n) is 19.2. The van der Waals surface area contributed by atoms with E-state index in [-0.39, 0.29) is 17.4 Å². The van der Waals surface area contributed by atoms with Crippen LogP contribution < -0.4 is 0 Å². The average Bonchev–Trinajstić information content (AvgIpc) is 3.23. The smallest absolute Gasteiger partial charge is 0.207 e. The molecular formula is C28H26F3NO2S. The van der Waals surface area contributed by atoms with Crippen molar-refractivity contribution in [2.45, 2.75) is 24.4 Å². The maximum absolute atomic E-state index is 13.3. The van der Waals surface area contributed by atoms with Crippen molar-refractivity contribution in [1.82, 2.24) is 4.31 Å². The van der Waals surface area contributed by atoms with Gasteiger partial charge in [-0.3, -0.25) is 0 Å². The number of allylic oxidation sites excluding steroid dienone is 1. The molecule has 0 aliphatic carbocycles. The third-order valence-corrected chi connectivity index (χ3v) is 7.91. The van der Waals surface area contributed by atoms with Crippen molar-refractivity contribution in [3.63, 3.8) is 0 Å². The van der Waals surface area contributed by atoms with E-state index in [1.165, 1.54) is 16.4 Å². The minimum absolute atomic E-state index is 0.0857. The molecule has 1 unspecified atom stereocenters. The number of alkyl halides is 3. The van der Waals surface area contributed by atoms with Crippen LogP contribution in [-0.4, -0.2) is 25.8 Å². The molecule has 1 fully saturated rings. The van der Waals surface area contributed by atoms with E-state index in [9.17, 15) is 21.6 Å². The van der Waals surface area contributed by atoms with Crippen molar-refractivity contribution in [2.24, 2.45) is 5.92 Å². The van der Waals surface area contributed by atoms with E-state index in [2.05, 4.69) is 0 Å². The fourth-order valence-electron chi connectivity index (χ4n) is 4.11. The van der Waals surface area contributed by atoms with Gasteiger partial charge in [-0.2, -0.15) is 17.5 Å². The van der Waals surface area contributed by atoms with E-state index in [0.29, 0.717) is 18.5 Å². The molecule has 7 heteroatoms. The van der Waals surface area contributed by atoms with Crippen LogP contribution >= 0.6 is 0 Å². The van der Waals surface area contributed by atoms with Crippen LogP contribution in [0.5, 0.6) is 0 Å². The first kappa shape index (κ1) is 24.9. The van der Waals surface area contributed by atoms with E-state index in [0.717, 1.165) is 28.8 Å². The summed E-state index contributed by atoms with van der Waals surface area (Å²) in [4.78, 5) is 0.234. The van der Waals surface area contributed by atoms with Crippen LogP contribution in [0.15, 0.2) is 95.4 Å². The van der Waals surface area contributed by atoms with Crippen LogP contribution in [0.4, 0.5) is 13.2 Å². The number of hydrogen-bond donors (Lipinski definition) is 0. The second-order valence-electron chi connectivity index (χ2n) is 8.70. The van der Waals surface area contributed by atoms with Gasteiger partial charge in [0.2, 0.25) is 10.0 Å². The topological polar surface area (TPSA) is 37.4 Å². The third kappa shape index (κ3) is 6.10. The van der Waals surface area contributed by atoms with Crippen LogP contribution in [-0.2, 0) is 16.2 Å². The summed E-state index contributed by atoms with van der Waals surface area (Å²) in [6.07, 6.45) is 2.03. The third-order valence-electron chi connectivity index (χ3n) is 6.09. The number of rotatable bonds is 6. The average molecular weight is 498 g/mol. The standard InChI is InChI=1S/C28H26F3NO2S/c1-21-10-16-27(17-11-21)35(33,34)32-19-24(9-5-8-22-6-3-2-4-7-22)25(20-32)18-23-12-14-26(15-13-23)28(29,30)31/h2-8,10-18,24H,9,19-20H2,1H3/b8-5+,25-18+. The van der Waals surface area contributed by atoms with Crippen LogP contribution in [0.1, 0.15) is 28.7 Å². The molecule has 0 amide bonds. The summed E-state index contributed by atoms with van der Waals surface area (Å²) in [6, 6.07) is 21.5. The van der Waals surface area contributed by atoms with Crippen LogP contribution in [0.25, 0.3) is 12.2 Å². The molecule has 0 spiro atoms. The summed E-state index contributed by atoms with van der Waals surface area (Å²) in [5, 5.41) is 0. The summed E-state index contributed by atoms with van der Waals surface area (Å²) in [7, 11) is -3.70. The van der Waals surface area contributed by atoms with Crippen LogP contribution in [0.3, 0.4) is 0 Å². The molecule has 1 aliphatic rings. The first-order chi connectivity index (χ1) is 16.6. The number of benzene rings is 3. The molecule has 1 saturated heterocycles. The Balaban J connectivity index is 1.61. The highest BCUT2D eigenvalue weighted by Crippen LogP contribution is 2.33. The zero-order valence-corrected chi connectivity index (χ0v) is 20.1. The number of sulfonamides is 1. The summed E-state index contributed by atoms with van der Waals surface area (Å²) in [5.41, 5.74) is 2.79. The highest BCUT2D eigenvalue weighted by Gasteiger charge is 2.35. The van der Waals surface area contributed by atoms with E-state index < -0.39 is 21.8 Å². The SMILES string of the molecule is Cc1ccc(S(=O)(=O)N2C/C(=C\c3ccc(C(F)(F)F)cc3)C(C/C=C/c3ccccc3)C2)cc1. The van der Waals surface area contributed by atoms with E-state index >= 15 is 0 Å². The van der Waals surface area contributed by atoms with E-state index in [1.807, 2.05) is 55.5 Å². The lowest BCUT2D eigenvalue weighted by molar-refractivity contribution is -0.137. The van der Waals surface area contributed by atoms with Crippen LogP contribution in [0.2, 0.25) is 0 Å². The summed E-state index contributed by atoms with van der Waals surface area (Å²) in [6.45, 7) is 2.40. The Morgan fingerprint density at radius 1 is 0.914 bits per heavy atom. The number of hydrogen-bond acceptors (Lipinski definition) is 2. The van der Waals surface area contributed by atoms with Crippen molar-refractivity contribution in [1.29, 1.82) is 0 Å². The molecule has 182 valence electrons. The summed E-state index contributed by atoms with van der Waals surface area (Å²) >= 11 is 0. The Labute approximate surface area is 204 Å². The minimum Gasteiger partial charge on any atom is -0.207 e. The van der Waals surface area contributed by atoms with E-state index in [4.69, 9.17) is 0 Å². The Kier molecular flexibility index (Phi) is 7.28. The predicted molar refractivity (Wildman–Crippen MR) is 133 cm³/mol. The van der Waals surface area contributed by atoms with Gasteiger partial charge in [0, 0.05) is 13.1 Å².